The van der Waals surface area contributed by atoms with Crippen molar-refractivity contribution in [2.24, 2.45) is 0 Å². The number of aliphatic hydroxyl groups is 8. The van der Waals surface area contributed by atoms with Gasteiger partial charge in [0.05, 0.1) is 30.4 Å². The van der Waals surface area contributed by atoms with E-state index in [9.17, 15) is 40.9 Å². The maximum Gasteiger partial charge on any atom is 0.187 e. The van der Waals surface area contributed by atoms with Crippen LogP contribution in [0.1, 0.15) is 36.7 Å². The number of rotatable bonds is 16. The van der Waals surface area contributed by atoms with Crippen molar-refractivity contribution in [3.05, 3.63) is 65.5 Å². The number of nitrogens with one attached hydrogen (secondary N) is 1. The van der Waals surface area contributed by atoms with Gasteiger partial charge in [0.1, 0.15) is 54.1 Å². The number of hydrogen-bond acceptors (Lipinski definition) is 14. The summed E-state index contributed by atoms with van der Waals surface area (Å²) in [5.41, 5.74) is 10.7. The summed E-state index contributed by atoms with van der Waals surface area (Å²) in [7, 11) is 0. The molecule has 2 aromatic carbocycles. The lowest BCUT2D eigenvalue weighted by molar-refractivity contribution is -0.327. The van der Waals surface area contributed by atoms with Crippen LogP contribution in [-0.2, 0) is 29.0 Å². The van der Waals surface area contributed by atoms with Crippen molar-refractivity contribution < 1.29 is 50.3 Å². The predicted molar refractivity (Wildman–Crippen MR) is 179 cm³/mol. The van der Waals surface area contributed by atoms with Crippen LogP contribution in [-0.4, -0.2) is 130 Å². The van der Waals surface area contributed by atoms with Crippen molar-refractivity contribution in [1.82, 2.24) is 19.9 Å². The summed E-state index contributed by atoms with van der Waals surface area (Å²) in [6.45, 7) is 1.33. The van der Waals surface area contributed by atoms with Gasteiger partial charge in [0.15, 0.2) is 12.1 Å². The number of nitrogens with zero attached hydrogens (tertiary/aromatic N) is 3. The number of pyridine rings is 1. The van der Waals surface area contributed by atoms with E-state index in [1.807, 2.05) is 48.5 Å². The van der Waals surface area contributed by atoms with Crippen molar-refractivity contribution in [1.29, 1.82) is 0 Å². The minimum atomic E-state index is -1.80. The molecule has 11 N–H and O–H groups in total. The molecule has 15 heteroatoms. The molecule has 1 aliphatic rings. The summed E-state index contributed by atoms with van der Waals surface area (Å²) in [5, 5.41) is 85.2. The Balaban J connectivity index is 1.23. The zero-order chi connectivity index (χ0) is 35.2. The Morgan fingerprint density at radius 1 is 0.939 bits per heavy atom. The first-order chi connectivity index (χ1) is 23.6. The van der Waals surface area contributed by atoms with Crippen molar-refractivity contribution in [2.75, 3.05) is 25.5 Å². The third-order valence-electron chi connectivity index (χ3n) is 8.93. The maximum absolute atomic E-state index is 10.8. The van der Waals surface area contributed by atoms with Gasteiger partial charge in [-0.2, -0.15) is 0 Å². The normalized spacial score (nSPS) is 23.9. The predicted octanol–water partition coefficient (Wildman–Crippen LogP) is -1.09. The topological polar surface area (TPSA) is 249 Å². The Bertz CT molecular complexity index is 1650. The van der Waals surface area contributed by atoms with Crippen molar-refractivity contribution >= 4 is 27.8 Å². The number of anilines is 1. The molecule has 1 saturated heterocycles. The van der Waals surface area contributed by atoms with Gasteiger partial charge in [0, 0.05) is 31.4 Å². The molecule has 1 fully saturated rings. The molecule has 0 saturated carbocycles. The van der Waals surface area contributed by atoms with Gasteiger partial charge in [-0.1, -0.05) is 55.8 Å². The average Bonchev–Trinajstić information content (AvgIpc) is 3.48. The van der Waals surface area contributed by atoms with Gasteiger partial charge in [0.25, 0.3) is 0 Å². The minimum Gasteiger partial charge on any atom is -0.394 e. The molecule has 0 bridgehead atoms. The molecule has 9 atom stereocenters. The summed E-state index contributed by atoms with van der Waals surface area (Å²) in [4.78, 5) is 9.46. The third kappa shape index (κ3) is 8.19. The van der Waals surface area contributed by atoms with Crippen molar-refractivity contribution in [3.8, 4) is 0 Å². The first kappa shape index (κ1) is 36.9. The third-order valence-corrected chi connectivity index (χ3v) is 8.93. The van der Waals surface area contributed by atoms with Crippen LogP contribution in [0, 0.1) is 0 Å². The monoisotopic (exact) mass is 685 g/mol. The first-order valence-corrected chi connectivity index (χ1v) is 16.5. The highest BCUT2D eigenvalue weighted by Crippen LogP contribution is 2.30. The number of aliphatic hydroxyl groups excluding tert-OH is 8. The molecule has 49 heavy (non-hydrogen) atoms. The molecule has 15 nitrogen and oxygen atoms in total. The Hall–Kier alpha value is -3.32. The van der Waals surface area contributed by atoms with Crippen molar-refractivity contribution in [2.45, 2.75) is 94.4 Å². The summed E-state index contributed by atoms with van der Waals surface area (Å²) in [6.07, 6.45) is -12.0. The van der Waals surface area contributed by atoms with Gasteiger partial charge in [0.2, 0.25) is 0 Å². The van der Waals surface area contributed by atoms with Gasteiger partial charge in [-0.15, -0.1) is 0 Å². The zero-order valence-corrected chi connectivity index (χ0v) is 27.3. The Labute approximate surface area is 283 Å². The number of ether oxygens (including phenoxy) is 2. The van der Waals surface area contributed by atoms with Crippen LogP contribution in [0.15, 0.2) is 48.5 Å². The van der Waals surface area contributed by atoms with E-state index in [-0.39, 0.29) is 6.54 Å². The number of para-hydroxylation sites is 1. The van der Waals surface area contributed by atoms with Crippen LogP contribution in [0.5, 0.6) is 0 Å². The number of aromatic nitrogens is 3. The Kier molecular flexibility index (Phi) is 12.5. The van der Waals surface area contributed by atoms with E-state index in [1.165, 1.54) is 0 Å². The van der Waals surface area contributed by atoms with Crippen LogP contribution in [0.25, 0.3) is 21.9 Å². The number of imidazole rings is 1. The standard InChI is InChI=1S/C34H47N5O10/c1-2-3-8-25-38-26-27(20-6-4-5-7-21(20)37-33(26)35)39(25)15-19-11-9-18(10-12-19)13-36-14-22(42)28(44)32(23(43)16-40)49-34-31(47)30(46)29(45)24(17-41)48-34/h4-7,9-12,22-24,28-32,34,36,40-47H,2-3,8,13-17H2,1H3,(H2,35,37)/t22-,23+,24+,28+,29+,30-,31+,32?,34?/m0/s1. The fourth-order valence-corrected chi connectivity index (χ4v) is 6.09. The van der Waals surface area contributed by atoms with Crippen LogP contribution >= 0.6 is 0 Å². The fraction of sp³-hybridized carbons (Fsp3) is 0.529. The van der Waals surface area contributed by atoms with E-state index in [2.05, 4.69) is 21.8 Å². The van der Waals surface area contributed by atoms with Gasteiger partial charge < -0.3 is 65.9 Å². The summed E-state index contributed by atoms with van der Waals surface area (Å²) >= 11 is 0. The van der Waals surface area contributed by atoms with Crippen LogP contribution in [0.4, 0.5) is 5.82 Å². The number of unbranched alkanes of at least 4 members (excludes halogenated alkanes) is 1. The van der Waals surface area contributed by atoms with E-state index in [1.54, 1.807) is 0 Å². The van der Waals surface area contributed by atoms with Crippen LogP contribution < -0.4 is 11.1 Å². The summed E-state index contributed by atoms with van der Waals surface area (Å²) < 4.78 is 13.0. The lowest BCUT2D eigenvalue weighted by Crippen LogP contribution is -2.61. The lowest BCUT2D eigenvalue weighted by Gasteiger charge is -2.42. The second-order valence-electron chi connectivity index (χ2n) is 12.5. The molecule has 268 valence electrons. The number of hydrogen-bond donors (Lipinski definition) is 10. The highest BCUT2D eigenvalue weighted by Gasteiger charge is 2.46. The SMILES string of the molecule is CCCCc1nc2c(N)nc3ccccc3c2n1Cc1ccc(CNC[C@H](O)[C@@H](O)C(OC2O[C@H](CO)[C@@H](O)[C@H](O)[C@H]2O)[C@H](O)CO)cc1. The van der Waals surface area contributed by atoms with Crippen molar-refractivity contribution in [3.63, 3.8) is 0 Å². The number of nitrogen functional groups attached to an aromatic ring is 1. The maximum atomic E-state index is 10.8. The van der Waals surface area contributed by atoms with E-state index >= 15 is 0 Å². The number of aryl methyl sites for hydroxylation is 1. The van der Waals surface area contributed by atoms with Crippen LogP contribution in [0.2, 0.25) is 0 Å². The highest BCUT2D eigenvalue weighted by molar-refractivity contribution is 6.06. The van der Waals surface area contributed by atoms with Crippen LogP contribution in [0.3, 0.4) is 0 Å². The number of fused-ring (bicyclic) bond motifs is 3. The highest BCUT2D eigenvalue weighted by atomic mass is 16.7. The molecule has 3 heterocycles. The molecule has 0 aliphatic carbocycles. The van der Waals surface area contributed by atoms with E-state index in [4.69, 9.17) is 20.2 Å². The second kappa shape index (κ2) is 16.6. The lowest BCUT2D eigenvalue weighted by atomic mass is 9.98. The smallest absolute Gasteiger partial charge is 0.187 e. The number of benzene rings is 2. The quantitative estimate of drug-likeness (QED) is 0.0673. The fourth-order valence-electron chi connectivity index (χ4n) is 6.09. The first-order valence-electron chi connectivity index (χ1n) is 16.5. The van der Waals surface area contributed by atoms with Gasteiger partial charge in [-0.25, -0.2) is 9.97 Å². The molecule has 0 spiro atoms. The Morgan fingerprint density at radius 3 is 2.35 bits per heavy atom. The Morgan fingerprint density at radius 2 is 1.65 bits per heavy atom. The molecule has 2 unspecified atom stereocenters. The number of nitrogens with two attached hydrogens (primary N) is 1. The summed E-state index contributed by atoms with van der Waals surface area (Å²) in [6, 6.07) is 15.8. The zero-order valence-electron chi connectivity index (χ0n) is 27.3. The molecule has 0 radical (unpaired) electrons. The molecular formula is C34H47N5O10. The van der Waals surface area contributed by atoms with Gasteiger partial charge in [-0.3, -0.25) is 0 Å². The van der Waals surface area contributed by atoms with E-state index in [0.29, 0.717) is 24.4 Å². The minimum absolute atomic E-state index is 0.139. The molecule has 4 aromatic rings. The second-order valence-corrected chi connectivity index (χ2v) is 12.5. The van der Waals surface area contributed by atoms with E-state index < -0.39 is 68.3 Å². The summed E-state index contributed by atoms with van der Waals surface area (Å²) in [5.74, 6) is 1.34. The molecule has 1 aliphatic heterocycles. The van der Waals surface area contributed by atoms with E-state index in [0.717, 1.165) is 52.6 Å². The molecular weight excluding hydrogens is 638 g/mol. The van der Waals surface area contributed by atoms with Gasteiger partial charge >= 0.3 is 0 Å². The molecule has 5 rings (SSSR count). The molecule has 0 amide bonds. The molecule has 2 aromatic heterocycles. The average molecular weight is 686 g/mol. The largest absolute Gasteiger partial charge is 0.394 e. The van der Waals surface area contributed by atoms with Gasteiger partial charge in [-0.05, 0) is 23.6 Å².